The maximum absolute atomic E-state index is 13.2. The molecule has 1 atom stereocenters. The van der Waals surface area contributed by atoms with E-state index in [2.05, 4.69) is 66.6 Å². The third-order valence-electron chi connectivity index (χ3n) is 4.98. The number of hydrogen-bond acceptors (Lipinski definition) is 2. The molecule has 132 valence electrons. The Morgan fingerprint density at radius 3 is 2.54 bits per heavy atom. The zero-order chi connectivity index (χ0) is 18.1. The first-order valence-electron chi connectivity index (χ1n) is 9.16. The molecule has 0 fully saturated rings. The third-order valence-corrected chi connectivity index (χ3v) is 5.89. The molecule has 1 aliphatic heterocycles. The molecule has 0 saturated carbocycles. The highest BCUT2D eigenvalue weighted by atomic mass is 32.1. The van der Waals surface area contributed by atoms with E-state index in [0.29, 0.717) is 12.5 Å². The van der Waals surface area contributed by atoms with Crippen molar-refractivity contribution >= 4 is 17.2 Å². The van der Waals surface area contributed by atoms with Crippen molar-refractivity contribution in [1.82, 2.24) is 4.90 Å². The summed E-state index contributed by atoms with van der Waals surface area (Å²) >= 11 is 1.71. The highest BCUT2D eigenvalue weighted by Gasteiger charge is 2.37. The maximum Gasteiger partial charge on any atom is 0.255 e. The number of hydrogen-bond donors (Lipinski definition) is 0. The standard InChI is InChI=1S/C23H23NOS/c1-16(2)13-21-19-11-10-18(22-9-6-12-26-22)14-20(19)23(25)24(21)15-17-7-4-3-5-8-17/h3-12,14,16,21H,13,15H2,1-2H3/t21-/m0/s1. The van der Waals surface area contributed by atoms with Gasteiger partial charge in [-0.05, 0) is 46.5 Å². The van der Waals surface area contributed by atoms with Crippen LogP contribution in [0.4, 0.5) is 0 Å². The van der Waals surface area contributed by atoms with Gasteiger partial charge in [0.25, 0.3) is 5.91 Å². The molecule has 2 nitrogen and oxygen atoms in total. The van der Waals surface area contributed by atoms with Crippen molar-refractivity contribution in [2.75, 3.05) is 0 Å². The monoisotopic (exact) mass is 361 g/mol. The molecule has 1 aliphatic rings. The Morgan fingerprint density at radius 1 is 1.04 bits per heavy atom. The van der Waals surface area contributed by atoms with Gasteiger partial charge in [0, 0.05) is 17.0 Å². The van der Waals surface area contributed by atoms with Gasteiger partial charge in [-0.1, -0.05) is 62.4 Å². The molecule has 1 aromatic heterocycles. The van der Waals surface area contributed by atoms with E-state index in [1.807, 2.05) is 18.2 Å². The predicted octanol–water partition coefficient (Wildman–Crippen LogP) is 6.16. The van der Waals surface area contributed by atoms with E-state index in [1.165, 1.54) is 16.0 Å². The number of nitrogens with zero attached hydrogens (tertiary/aromatic N) is 1. The minimum atomic E-state index is 0.160. The molecular formula is C23H23NOS. The molecule has 0 unspecified atom stereocenters. The fraction of sp³-hybridized carbons (Fsp3) is 0.261. The Hall–Kier alpha value is -2.39. The second-order valence-electron chi connectivity index (χ2n) is 7.34. The Kier molecular flexibility index (Phi) is 4.64. The SMILES string of the molecule is CC(C)C[C@H]1c2ccc(-c3cccs3)cc2C(=O)N1Cc1ccccc1. The smallest absolute Gasteiger partial charge is 0.255 e. The number of amides is 1. The number of rotatable bonds is 5. The van der Waals surface area contributed by atoms with Crippen LogP contribution in [-0.2, 0) is 6.54 Å². The van der Waals surface area contributed by atoms with E-state index in [1.54, 1.807) is 11.3 Å². The van der Waals surface area contributed by atoms with Crippen LogP contribution in [0, 0.1) is 5.92 Å². The lowest BCUT2D eigenvalue weighted by atomic mass is 9.95. The lowest BCUT2D eigenvalue weighted by molar-refractivity contribution is 0.0691. The molecule has 3 aromatic rings. The Bertz CT molecular complexity index is 899. The van der Waals surface area contributed by atoms with Gasteiger partial charge >= 0.3 is 0 Å². The van der Waals surface area contributed by atoms with Crippen molar-refractivity contribution in [2.45, 2.75) is 32.9 Å². The fourth-order valence-electron chi connectivity index (χ4n) is 3.76. The minimum absolute atomic E-state index is 0.160. The maximum atomic E-state index is 13.2. The van der Waals surface area contributed by atoms with Crippen LogP contribution in [0.25, 0.3) is 10.4 Å². The van der Waals surface area contributed by atoms with Crippen LogP contribution in [-0.4, -0.2) is 10.8 Å². The molecule has 2 aromatic carbocycles. The zero-order valence-electron chi connectivity index (χ0n) is 15.2. The van der Waals surface area contributed by atoms with Crippen LogP contribution in [0.2, 0.25) is 0 Å². The van der Waals surface area contributed by atoms with Gasteiger partial charge in [-0.3, -0.25) is 4.79 Å². The molecule has 0 spiro atoms. The molecule has 4 rings (SSSR count). The highest BCUT2D eigenvalue weighted by Crippen LogP contribution is 2.40. The number of thiophene rings is 1. The van der Waals surface area contributed by atoms with Gasteiger partial charge in [-0.25, -0.2) is 0 Å². The predicted molar refractivity (Wildman–Crippen MR) is 108 cm³/mol. The van der Waals surface area contributed by atoms with E-state index in [0.717, 1.165) is 17.5 Å². The molecule has 0 radical (unpaired) electrons. The Labute approximate surface area is 159 Å². The van der Waals surface area contributed by atoms with Gasteiger partial charge in [-0.15, -0.1) is 11.3 Å². The lowest BCUT2D eigenvalue weighted by Gasteiger charge is -2.27. The summed E-state index contributed by atoms with van der Waals surface area (Å²) in [5.74, 6) is 0.696. The van der Waals surface area contributed by atoms with Gasteiger partial charge in [0.1, 0.15) is 0 Å². The van der Waals surface area contributed by atoms with Crippen LogP contribution in [0.1, 0.15) is 47.8 Å². The van der Waals surface area contributed by atoms with E-state index in [4.69, 9.17) is 0 Å². The van der Waals surface area contributed by atoms with Crippen molar-refractivity contribution in [2.24, 2.45) is 5.92 Å². The van der Waals surface area contributed by atoms with Gasteiger partial charge in [0.15, 0.2) is 0 Å². The van der Waals surface area contributed by atoms with Gasteiger partial charge < -0.3 is 4.90 Å². The van der Waals surface area contributed by atoms with Crippen LogP contribution < -0.4 is 0 Å². The Balaban J connectivity index is 1.71. The second kappa shape index (κ2) is 7.08. The molecule has 1 amide bonds. The number of carbonyl (C=O) groups is 1. The van der Waals surface area contributed by atoms with Gasteiger partial charge in [0.05, 0.1) is 6.04 Å². The molecule has 0 bridgehead atoms. The molecule has 0 aliphatic carbocycles. The van der Waals surface area contributed by atoms with Crippen LogP contribution >= 0.6 is 11.3 Å². The minimum Gasteiger partial charge on any atom is -0.327 e. The molecule has 0 saturated heterocycles. The summed E-state index contributed by atoms with van der Waals surface area (Å²) in [5, 5.41) is 2.08. The van der Waals surface area contributed by atoms with Crippen molar-refractivity contribution in [3.05, 3.63) is 82.7 Å². The Morgan fingerprint density at radius 2 is 1.85 bits per heavy atom. The van der Waals surface area contributed by atoms with Crippen LogP contribution in [0.3, 0.4) is 0 Å². The van der Waals surface area contributed by atoms with Gasteiger partial charge in [-0.2, -0.15) is 0 Å². The lowest BCUT2D eigenvalue weighted by Crippen LogP contribution is -2.28. The van der Waals surface area contributed by atoms with E-state index < -0.39 is 0 Å². The summed E-state index contributed by atoms with van der Waals surface area (Å²) in [7, 11) is 0. The van der Waals surface area contributed by atoms with E-state index in [-0.39, 0.29) is 11.9 Å². The number of carbonyl (C=O) groups excluding carboxylic acids is 1. The quantitative estimate of drug-likeness (QED) is 0.533. The van der Waals surface area contributed by atoms with Crippen molar-refractivity contribution < 1.29 is 4.79 Å². The normalized spacial score (nSPS) is 16.3. The van der Waals surface area contributed by atoms with Gasteiger partial charge in [0.2, 0.25) is 0 Å². The summed E-state index contributed by atoms with van der Waals surface area (Å²) in [6.07, 6.45) is 0.990. The topological polar surface area (TPSA) is 20.3 Å². The van der Waals surface area contributed by atoms with E-state index in [9.17, 15) is 4.79 Å². The largest absolute Gasteiger partial charge is 0.327 e. The van der Waals surface area contributed by atoms with Crippen LogP contribution in [0.15, 0.2) is 66.0 Å². The van der Waals surface area contributed by atoms with Crippen molar-refractivity contribution in [3.63, 3.8) is 0 Å². The number of fused-ring (bicyclic) bond motifs is 1. The first-order chi connectivity index (χ1) is 12.6. The fourth-order valence-corrected chi connectivity index (χ4v) is 4.48. The molecule has 2 heterocycles. The highest BCUT2D eigenvalue weighted by molar-refractivity contribution is 7.13. The molecule has 3 heteroatoms. The molecular weight excluding hydrogens is 338 g/mol. The zero-order valence-corrected chi connectivity index (χ0v) is 16.0. The molecule has 26 heavy (non-hydrogen) atoms. The summed E-state index contributed by atoms with van der Waals surface area (Å²) < 4.78 is 0. The average Bonchev–Trinajstić information content (AvgIpc) is 3.26. The van der Waals surface area contributed by atoms with Crippen LogP contribution in [0.5, 0.6) is 0 Å². The average molecular weight is 362 g/mol. The van der Waals surface area contributed by atoms with Crippen molar-refractivity contribution in [3.8, 4) is 10.4 Å². The first kappa shape index (κ1) is 17.0. The summed E-state index contributed by atoms with van der Waals surface area (Å²) in [4.78, 5) is 16.5. The summed E-state index contributed by atoms with van der Waals surface area (Å²) in [6, 6.07) is 21.0. The summed E-state index contributed by atoms with van der Waals surface area (Å²) in [6.45, 7) is 5.12. The van der Waals surface area contributed by atoms with Crippen molar-refractivity contribution in [1.29, 1.82) is 0 Å². The second-order valence-corrected chi connectivity index (χ2v) is 8.29. The number of benzene rings is 2. The van der Waals surface area contributed by atoms with E-state index >= 15 is 0 Å². The molecule has 0 N–H and O–H groups in total. The third kappa shape index (κ3) is 3.19. The first-order valence-corrected chi connectivity index (χ1v) is 10.0. The summed E-state index contributed by atoms with van der Waals surface area (Å²) in [5.41, 5.74) is 4.37.